The number of sulfonamides is 1. The summed E-state index contributed by atoms with van der Waals surface area (Å²) in [6.07, 6.45) is -2.22. The van der Waals surface area contributed by atoms with E-state index in [1.165, 1.54) is 5.38 Å². The van der Waals surface area contributed by atoms with Crippen LogP contribution >= 0.6 is 11.3 Å². The second-order valence-corrected chi connectivity index (χ2v) is 6.99. The Balaban J connectivity index is 2.28. The van der Waals surface area contributed by atoms with Crippen LogP contribution in [-0.2, 0) is 10.0 Å². The van der Waals surface area contributed by atoms with E-state index in [2.05, 4.69) is 0 Å². The number of β-amino-alcohol motifs (C(OH)–C–C–N with tert-alkyl or cyclic N) is 2. The first-order valence-electron chi connectivity index (χ1n) is 5.00. The highest BCUT2D eigenvalue weighted by Crippen LogP contribution is 2.26. The fourth-order valence-corrected chi connectivity index (χ4v) is 4.40. The maximum Gasteiger partial charge on any atom is 0.336 e. The lowest BCUT2D eigenvalue weighted by atomic mass is 10.3. The molecule has 1 aliphatic rings. The van der Waals surface area contributed by atoms with Crippen molar-refractivity contribution in [2.24, 2.45) is 0 Å². The summed E-state index contributed by atoms with van der Waals surface area (Å²) in [5, 5.41) is 28.6. The van der Waals surface area contributed by atoms with Gasteiger partial charge in [-0.3, -0.25) is 0 Å². The Hall–Kier alpha value is -1.00. The second-order valence-electron chi connectivity index (χ2n) is 3.92. The maximum atomic E-state index is 12.1. The summed E-state index contributed by atoms with van der Waals surface area (Å²) in [6.45, 7) is -0.381. The molecule has 100 valence electrons. The first-order valence-corrected chi connectivity index (χ1v) is 7.32. The summed E-state index contributed by atoms with van der Waals surface area (Å²) >= 11 is 0.800. The predicted molar refractivity (Wildman–Crippen MR) is 62.1 cm³/mol. The Bertz CT molecular complexity index is 555. The average molecular weight is 293 g/mol. The molecule has 0 aromatic carbocycles. The molecule has 0 bridgehead atoms. The van der Waals surface area contributed by atoms with Gasteiger partial charge < -0.3 is 15.3 Å². The number of hydrogen-bond donors (Lipinski definition) is 3. The van der Waals surface area contributed by atoms with Crippen LogP contribution in [0.4, 0.5) is 0 Å². The first kappa shape index (κ1) is 13.4. The zero-order valence-electron chi connectivity index (χ0n) is 9.05. The number of carboxylic acids is 1. The van der Waals surface area contributed by atoms with Gasteiger partial charge in [0.25, 0.3) is 10.0 Å². The van der Waals surface area contributed by atoms with E-state index < -0.39 is 28.2 Å². The van der Waals surface area contributed by atoms with Crippen molar-refractivity contribution < 1.29 is 28.5 Å². The van der Waals surface area contributed by atoms with Gasteiger partial charge in [0, 0.05) is 18.5 Å². The lowest BCUT2D eigenvalue weighted by molar-refractivity contribution is 0.0572. The van der Waals surface area contributed by atoms with Crippen LogP contribution < -0.4 is 0 Å². The zero-order valence-corrected chi connectivity index (χ0v) is 10.7. The molecule has 7 nitrogen and oxygen atoms in total. The summed E-state index contributed by atoms with van der Waals surface area (Å²) in [5.74, 6) is -1.20. The van der Waals surface area contributed by atoms with Gasteiger partial charge in [-0.2, -0.15) is 4.31 Å². The van der Waals surface area contributed by atoms with Crippen LogP contribution in [0.15, 0.2) is 15.7 Å². The van der Waals surface area contributed by atoms with E-state index in [9.17, 15) is 23.4 Å². The summed E-state index contributed by atoms with van der Waals surface area (Å²) < 4.78 is 25.0. The molecule has 2 heterocycles. The zero-order chi connectivity index (χ0) is 13.5. The lowest BCUT2D eigenvalue weighted by Crippen LogP contribution is -2.29. The fourth-order valence-electron chi connectivity index (χ4n) is 1.62. The summed E-state index contributed by atoms with van der Waals surface area (Å²) in [5.41, 5.74) is -0.0983. The van der Waals surface area contributed by atoms with Crippen LogP contribution in [0.1, 0.15) is 10.4 Å². The smallest absolute Gasteiger partial charge is 0.336 e. The molecule has 3 N–H and O–H groups in total. The van der Waals surface area contributed by atoms with Gasteiger partial charge >= 0.3 is 5.97 Å². The molecule has 1 fully saturated rings. The highest BCUT2D eigenvalue weighted by atomic mass is 32.2. The van der Waals surface area contributed by atoms with E-state index >= 15 is 0 Å². The van der Waals surface area contributed by atoms with Crippen molar-refractivity contribution in [3.8, 4) is 0 Å². The molecule has 2 atom stereocenters. The molecule has 2 unspecified atom stereocenters. The molecule has 2 rings (SSSR count). The number of carboxylic acid groups (broad SMARTS) is 1. The van der Waals surface area contributed by atoms with Crippen LogP contribution in [-0.4, -0.2) is 59.3 Å². The average Bonchev–Trinajstić information content (AvgIpc) is 2.87. The van der Waals surface area contributed by atoms with Gasteiger partial charge in [-0.05, 0) is 6.07 Å². The molecule has 0 spiro atoms. The SMILES string of the molecule is O=C(O)c1csc(S(=O)(=O)N2CC(O)C(O)C2)c1. The van der Waals surface area contributed by atoms with E-state index in [0.29, 0.717) is 0 Å². The third-order valence-electron chi connectivity index (χ3n) is 2.64. The van der Waals surface area contributed by atoms with Crippen molar-refractivity contribution in [1.82, 2.24) is 4.31 Å². The number of nitrogens with zero attached hydrogens (tertiary/aromatic N) is 1. The Kier molecular flexibility index (Phi) is 3.43. The number of rotatable bonds is 3. The van der Waals surface area contributed by atoms with Gasteiger partial charge in [-0.15, -0.1) is 11.3 Å². The predicted octanol–water partition coefficient (Wildman–Crippen LogP) is -0.828. The first-order chi connectivity index (χ1) is 8.32. The molecular formula is C9H11NO6S2. The molecule has 0 saturated carbocycles. The maximum absolute atomic E-state index is 12.1. The van der Waals surface area contributed by atoms with Crippen molar-refractivity contribution in [1.29, 1.82) is 0 Å². The molecule has 1 aromatic heterocycles. The van der Waals surface area contributed by atoms with Crippen LogP contribution in [0.2, 0.25) is 0 Å². The highest BCUT2D eigenvalue weighted by molar-refractivity contribution is 7.91. The monoisotopic (exact) mass is 293 g/mol. The number of aliphatic hydroxyl groups excluding tert-OH is 2. The third-order valence-corrected chi connectivity index (χ3v) is 5.89. The van der Waals surface area contributed by atoms with Crippen LogP contribution in [0.5, 0.6) is 0 Å². The minimum Gasteiger partial charge on any atom is -0.478 e. The van der Waals surface area contributed by atoms with Crippen molar-refractivity contribution in [3.05, 3.63) is 17.0 Å². The second kappa shape index (κ2) is 4.59. The normalized spacial score (nSPS) is 25.4. The molecule has 18 heavy (non-hydrogen) atoms. The number of aliphatic hydroxyl groups is 2. The molecule has 1 aromatic rings. The van der Waals surface area contributed by atoms with Gasteiger partial charge in [0.1, 0.15) is 4.21 Å². The van der Waals surface area contributed by atoms with Gasteiger partial charge in [0.05, 0.1) is 17.8 Å². The van der Waals surface area contributed by atoms with Crippen molar-refractivity contribution >= 4 is 27.3 Å². The van der Waals surface area contributed by atoms with Crippen LogP contribution in [0.3, 0.4) is 0 Å². The fraction of sp³-hybridized carbons (Fsp3) is 0.444. The van der Waals surface area contributed by atoms with Crippen molar-refractivity contribution in [3.63, 3.8) is 0 Å². The Morgan fingerprint density at radius 2 is 1.89 bits per heavy atom. The topological polar surface area (TPSA) is 115 Å². The minimum atomic E-state index is -3.85. The van der Waals surface area contributed by atoms with Gasteiger partial charge in [0.15, 0.2) is 0 Å². The van der Waals surface area contributed by atoms with Crippen LogP contribution in [0.25, 0.3) is 0 Å². The van der Waals surface area contributed by atoms with E-state index in [4.69, 9.17) is 5.11 Å². The summed E-state index contributed by atoms with van der Waals surface area (Å²) in [6, 6.07) is 1.07. The van der Waals surface area contributed by atoms with Gasteiger partial charge in [0.2, 0.25) is 0 Å². The molecule has 0 aliphatic carbocycles. The van der Waals surface area contributed by atoms with Crippen molar-refractivity contribution in [2.45, 2.75) is 16.4 Å². The summed E-state index contributed by atoms with van der Waals surface area (Å²) in [7, 11) is -3.85. The highest BCUT2D eigenvalue weighted by Gasteiger charge is 2.38. The summed E-state index contributed by atoms with van der Waals surface area (Å²) in [4.78, 5) is 10.7. The number of carbonyl (C=O) groups is 1. The molecule has 0 radical (unpaired) electrons. The molecule has 1 saturated heterocycles. The van der Waals surface area contributed by atoms with Crippen molar-refractivity contribution in [2.75, 3.05) is 13.1 Å². The number of aromatic carboxylic acids is 1. The Labute approximate surface area is 107 Å². The minimum absolute atomic E-state index is 0.0983. The Morgan fingerprint density at radius 3 is 2.33 bits per heavy atom. The Morgan fingerprint density at radius 1 is 1.33 bits per heavy atom. The van der Waals surface area contributed by atoms with Gasteiger partial charge in [-0.1, -0.05) is 0 Å². The van der Waals surface area contributed by atoms with E-state index in [1.54, 1.807) is 0 Å². The number of thiophene rings is 1. The van der Waals surface area contributed by atoms with Crippen LogP contribution in [0, 0.1) is 0 Å². The molecule has 0 amide bonds. The number of hydrogen-bond acceptors (Lipinski definition) is 6. The molecule has 9 heteroatoms. The standard InChI is InChI=1S/C9H11NO6S2/c11-6-2-10(3-7(6)12)18(15,16)8-1-5(4-17-8)9(13)14/h1,4,6-7,11-12H,2-3H2,(H,13,14). The van der Waals surface area contributed by atoms with Gasteiger partial charge in [-0.25, -0.2) is 13.2 Å². The van der Waals surface area contributed by atoms with E-state index in [0.717, 1.165) is 21.7 Å². The van der Waals surface area contributed by atoms with E-state index in [1.807, 2.05) is 0 Å². The quantitative estimate of drug-likeness (QED) is 0.670. The van der Waals surface area contributed by atoms with E-state index in [-0.39, 0.29) is 22.9 Å². The largest absolute Gasteiger partial charge is 0.478 e. The molecular weight excluding hydrogens is 282 g/mol. The third kappa shape index (κ3) is 2.27. The lowest BCUT2D eigenvalue weighted by Gasteiger charge is -2.13. The molecule has 1 aliphatic heterocycles.